The minimum Gasteiger partial charge on any atom is -0.438 e. The monoisotopic (exact) mass is 593 g/mol. The maximum absolute atomic E-state index is 15.2. The SMILES string of the molecule is CC(C)(C(=O)Nc1nncs1)[C@H]1c2ccccc2Oc2nc(-c3ccc(C(=O)N4CCC(F)(F)CC4)c(F)c3)ccc21. The number of anilines is 1. The van der Waals surface area contributed by atoms with Crippen molar-refractivity contribution in [3.8, 4) is 22.9 Å². The third kappa shape index (κ3) is 5.11. The van der Waals surface area contributed by atoms with Crippen molar-refractivity contribution in [2.24, 2.45) is 5.41 Å². The van der Waals surface area contributed by atoms with Gasteiger partial charge < -0.3 is 15.0 Å². The number of rotatable bonds is 5. The van der Waals surface area contributed by atoms with E-state index >= 15 is 4.39 Å². The second kappa shape index (κ2) is 10.5. The number of nitrogens with one attached hydrogen (secondary N) is 1. The van der Waals surface area contributed by atoms with Gasteiger partial charge in [-0.15, -0.1) is 10.2 Å². The Labute approximate surface area is 243 Å². The molecule has 4 aromatic rings. The van der Waals surface area contributed by atoms with E-state index in [1.165, 1.54) is 33.9 Å². The van der Waals surface area contributed by atoms with Gasteiger partial charge in [0.2, 0.25) is 16.9 Å². The molecular formula is C30H26F3N5O3S. The van der Waals surface area contributed by atoms with Crippen LogP contribution in [0.15, 0.2) is 60.1 Å². The summed E-state index contributed by atoms with van der Waals surface area (Å²) in [4.78, 5) is 32.2. The number of carbonyl (C=O) groups is 2. The lowest BCUT2D eigenvalue weighted by atomic mass is 9.69. The van der Waals surface area contributed by atoms with Crippen LogP contribution in [0.1, 0.15) is 54.1 Å². The molecule has 0 radical (unpaired) electrons. The molecule has 8 nitrogen and oxygen atoms in total. The van der Waals surface area contributed by atoms with Gasteiger partial charge in [-0.25, -0.2) is 18.2 Å². The van der Waals surface area contributed by atoms with Crippen molar-refractivity contribution in [2.75, 3.05) is 18.4 Å². The van der Waals surface area contributed by atoms with E-state index in [2.05, 4.69) is 20.5 Å². The molecule has 0 saturated carbocycles. The quantitative estimate of drug-likeness (QED) is 0.283. The lowest BCUT2D eigenvalue weighted by molar-refractivity contribution is -0.124. The first-order valence-corrected chi connectivity index (χ1v) is 14.2. The van der Waals surface area contributed by atoms with Crippen molar-refractivity contribution in [3.63, 3.8) is 0 Å². The minimum absolute atomic E-state index is 0.130. The summed E-state index contributed by atoms with van der Waals surface area (Å²) in [5, 5.41) is 10.9. The second-order valence-corrected chi connectivity index (χ2v) is 11.8. The lowest BCUT2D eigenvalue weighted by Crippen LogP contribution is -2.43. The third-order valence-corrected chi connectivity index (χ3v) is 8.41. The van der Waals surface area contributed by atoms with Crippen LogP contribution in [0.4, 0.5) is 18.3 Å². The predicted octanol–water partition coefficient (Wildman–Crippen LogP) is 6.51. The Morgan fingerprint density at radius 3 is 2.55 bits per heavy atom. The highest BCUT2D eigenvalue weighted by Gasteiger charge is 2.44. The predicted molar refractivity (Wildman–Crippen MR) is 150 cm³/mol. The second-order valence-electron chi connectivity index (χ2n) is 10.9. The Bertz CT molecular complexity index is 1670. The van der Waals surface area contributed by atoms with Gasteiger partial charge in [0, 0.05) is 48.5 Å². The zero-order valence-corrected chi connectivity index (χ0v) is 23.6. The molecular weight excluding hydrogens is 567 g/mol. The first-order chi connectivity index (χ1) is 20.0. The van der Waals surface area contributed by atoms with Crippen LogP contribution >= 0.6 is 11.3 Å². The van der Waals surface area contributed by atoms with Crippen LogP contribution in [-0.4, -0.2) is 50.9 Å². The zero-order chi connectivity index (χ0) is 29.6. The van der Waals surface area contributed by atoms with Gasteiger partial charge in [-0.3, -0.25) is 9.59 Å². The number of hydrogen-bond acceptors (Lipinski definition) is 7. The fourth-order valence-corrected chi connectivity index (χ4v) is 5.89. The van der Waals surface area contributed by atoms with Gasteiger partial charge in [-0.2, -0.15) is 0 Å². The molecule has 1 fully saturated rings. The van der Waals surface area contributed by atoms with Gasteiger partial charge in [-0.1, -0.05) is 55.5 Å². The summed E-state index contributed by atoms with van der Waals surface area (Å²) in [6.07, 6.45) is -0.885. The Morgan fingerprint density at radius 1 is 1.07 bits per heavy atom. The van der Waals surface area contributed by atoms with Crippen LogP contribution in [0.3, 0.4) is 0 Å². The Hall–Kier alpha value is -4.32. The van der Waals surface area contributed by atoms with Crippen molar-refractivity contribution in [3.05, 3.63) is 82.6 Å². The number of piperidine rings is 1. The number of hydrogen-bond donors (Lipinski definition) is 1. The molecule has 1 saturated heterocycles. The Balaban J connectivity index is 1.31. The van der Waals surface area contributed by atoms with Crippen LogP contribution in [0.5, 0.6) is 11.6 Å². The van der Waals surface area contributed by atoms with E-state index in [4.69, 9.17) is 4.74 Å². The molecule has 0 aliphatic carbocycles. The highest BCUT2D eigenvalue weighted by molar-refractivity contribution is 7.13. The van der Waals surface area contributed by atoms with E-state index in [-0.39, 0.29) is 30.4 Å². The topological polar surface area (TPSA) is 97.3 Å². The van der Waals surface area contributed by atoms with Gasteiger partial charge in [0.1, 0.15) is 17.1 Å². The molecule has 2 aromatic carbocycles. The van der Waals surface area contributed by atoms with E-state index < -0.39 is 41.8 Å². The first-order valence-electron chi connectivity index (χ1n) is 13.4. The molecule has 2 amide bonds. The molecule has 42 heavy (non-hydrogen) atoms. The van der Waals surface area contributed by atoms with Crippen molar-refractivity contribution >= 4 is 28.3 Å². The van der Waals surface area contributed by atoms with E-state index in [1.54, 1.807) is 18.2 Å². The number of amides is 2. The van der Waals surface area contributed by atoms with Gasteiger partial charge in [0.25, 0.3) is 11.8 Å². The van der Waals surface area contributed by atoms with Crippen molar-refractivity contribution < 1.29 is 27.5 Å². The van der Waals surface area contributed by atoms with Crippen molar-refractivity contribution in [1.82, 2.24) is 20.1 Å². The van der Waals surface area contributed by atoms with E-state index in [0.717, 1.165) is 5.56 Å². The molecule has 2 aliphatic heterocycles. The first kappa shape index (κ1) is 27.8. The molecule has 4 heterocycles. The fourth-order valence-electron chi connectivity index (χ4n) is 5.45. The van der Waals surface area contributed by atoms with Crippen molar-refractivity contribution in [2.45, 2.75) is 38.5 Å². The van der Waals surface area contributed by atoms with Crippen LogP contribution in [-0.2, 0) is 4.79 Å². The summed E-state index contributed by atoms with van der Waals surface area (Å²) in [5.74, 6) is -4.05. The number of aromatic nitrogens is 3. The number of nitrogens with zero attached hydrogens (tertiary/aromatic N) is 4. The average molecular weight is 594 g/mol. The summed E-state index contributed by atoms with van der Waals surface area (Å²) in [6.45, 7) is 3.41. The summed E-state index contributed by atoms with van der Waals surface area (Å²) in [5.41, 5.74) is 2.70. The van der Waals surface area contributed by atoms with Crippen LogP contribution in [0.25, 0.3) is 11.3 Å². The van der Waals surface area contributed by atoms with Gasteiger partial charge in [0.15, 0.2) is 0 Å². The van der Waals surface area contributed by atoms with Crippen LogP contribution < -0.4 is 10.1 Å². The number of likely N-dealkylation sites (tertiary alicyclic amines) is 1. The molecule has 0 bridgehead atoms. The number of carbonyl (C=O) groups excluding carboxylic acids is 2. The Kier molecular flexibility index (Phi) is 6.96. The fraction of sp³-hybridized carbons (Fsp3) is 0.300. The third-order valence-electron chi connectivity index (χ3n) is 7.80. The van der Waals surface area contributed by atoms with E-state index in [0.29, 0.717) is 27.7 Å². The van der Waals surface area contributed by atoms with Crippen LogP contribution in [0, 0.1) is 11.2 Å². The molecule has 2 aliphatic rings. The largest absolute Gasteiger partial charge is 0.438 e. The maximum atomic E-state index is 15.2. The maximum Gasteiger partial charge on any atom is 0.256 e. The number of alkyl halides is 2. The molecule has 216 valence electrons. The Morgan fingerprint density at radius 2 is 1.83 bits per heavy atom. The number of para-hydroxylation sites is 1. The number of halogens is 3. The molecule has 6 rings (SSSR count). The average Bonchev–Trinajstić information content (AvgIpc) is 3.48. The molecule has 2 aromatic heterocycles. The van der Waals surface area contributed by atoms with Gasteiger partial charge in [-0.05, 0) is 24.3 Å². The molecule has 0 unspecified atom stereocenters. The summed E-state index contributed by atoms with van der Waals surface area (Å²) in [7, 11) is 0. The van der Waals surface area contributed by atoms with Gasteiger partial charge in [0.05, 0.1) is 16.7 Å². The summed E-state index contributed by atoms with van der Waals surface area (Å²) >= 11 is 1.22. The number of ether oxygens (including phenoxy) is 1. The zero-order valence-electron chi connectivity index (χ0n) is 22.7. The van der Waals surface area contributed by atoms with Crippen molar-refractivity contribution in [1.29, 1.82) is 0 Å². The van der Waals surface area contributed by atoms with Gasteiger partial charge >= 0.3 is 0 Å². The smallest absolute Gasteiger partial charge is 0.256 e. The summed E-state index contributed by atoms with van der Waals surface area (Å²) < 4.78 is 48.4. The minimum atomic E-state index is -2.81. The van der Waals surface area contributed by atoms with E-state index in [9.17, 15) is 18.4 Å². The number of benzene rings is 2. The molecule has 0 spiro atoms. The highest BCUT2D eigenvalue weighted by atomic mass is 32.1. The highest BCUT2D eigenvalue weighted by Crippen LogP contribution is 2.52. The molecule has 12 heteroatoms. The number of fused-ring (bicyclic) bond motifs is 2. The van der Waals surface area contributed by atoms with Crippen LogP contribution in [0.2, 0.25) is 0 Å². The molecule has 1 atom stereocenters. The lowest BCUT2D eigenvalue weighted by Gasteiger charge is -2.37. The standard InChI is InChI=1S/C30H26F3N5O3S/c1-29(2,27(40)36-28-37-34-16-42-28)24-19-5-3-4-6-23(19)41-25-20(24)9-10-22(35-25)17-7-8-18(21(31)15-17)26(39)38-13-11-30(32,33)12-14-38/h3-10,15-16,24H,11-14H2,1-2H3,(H,36,37,40)/t24-/m0/s1. The normalized spacial score (nSPS) is 17.5. The van der Waals surface area contributed by atoms with E-state index in [1.807, 2.05) is 38.1 Å². The number of pyridine rings is 1. The summed E-state index contributed by atoms with van der Waals surface area (Å²) in [6, 6.07) is 15.1. The molecule has 1 N–H and O–H groups in total.